The van der Waals surface area contributed by atoms with E-state index < -0.39 is 5.63 Å². The predicted octanol–water partition coefficient (Wildman–Crippen LogP) is 3.65. The Morgan fingerprint density at radius 3 is 2.40 bits per heavy atom. The van der Waals surface area contributed by atoms with Crippen LogP contribution in [0, 0.1) is 0 Å². The number of para-hydroxylation sites is 1. The van der Waals surface area contributed by atoms with E-state index in [1.54, 1.807) is 24.3 Å². The minimum atomic E-state index is -0.488. The van der Waals surface area contributed by atoms with Gasteiger partial charge in [0.15, 0.2) is 0 Å². The Bertz CT molecular complexity index is 803. The second-order valence-electron chi connectivity index (χ2n) is 4.78. The van der Waals surface area contributed by atoms with Crippen LogP contribution in [0.2, 0.25) is 0 Å². The van der Waals surface area contributed by atoms with Crippen LogP contribution >= 0.6 is 0 Å². The van der Waals surface area contributed by atoms with Gasteiger partial charge in [-0.25, -0.2) is 4.79 Å². The van der Waals surface area contributed by atoms with Crippen molar-refractivity contribution in [3.63, 3.8) is 0 Å². The molecule has 0 aliphatic carbocycles. The van der Waals surface area contributed by atoms with Crippen LogP contribution in [0.15, 0.2) is 63.8 Å². The summed E-state index contributed by atoms with van der Waals surface area (Å²) < 4.78 is 5.30. The van der Waals surface area contributed by atoms with Crippen molar-refractivity contribution in [3.8, 4) is 5.75 Å². The van der Waals surface area contributed by atoms with Gasteiger partial charge in [-0.1, -0.05) is 49.4 Å². The van der Waals surface area contributed by atoms with Gasteiger partial charge in [-0.05, 0) is 17.7 Å². The Labute approximate surface area is 116 Å². The third-order valence-electron chi connectivity index (χ3n) is 3.55. The van der Waals surface area contributed by atoms with Crippen LogP contribution in [0.4, 0.5) is 0 Å². The Hall–Kier alpha value is -2.55. The molecule has 0 fully saturated rings. The van der Waals surface area contributed by atoms with Gasteiger partial charge >= 0.3 is 5.63 Å². The molecule has 1 atom stereocenters. The molecule has 20 heavy (non-hydrogen) atoms. The molecule has 0 aliphatic heterocycles. The molecular weight excluding hydrogens is 252 g/mol. The van der Waals surface area contributed by atoms with E-state index in [4.69, 9.17) is 4.42 Å². The summed E-state index contributed by atoms with van der Waals surface area (Å²) in [6, 6.07) is 16.6. The van der Waals surface area contributed by atoms with E-state index in [-0.39, 0.29) is 11.7 Å². The molecule has 3 rings (SSSR count). The molecule has 0 spiro atoms. The van der Waals surface area contributed by atoms with E-state index in [1.807, 2.05) is 37.3 Å². The average molecular weight is 266 g/mol. The zero-order valence-electron chi connectivity index (χ0n) is 11.0. The average Bonchev–Trinajstić information content (AvgIpc) is 2.48. The highest BCUT2D eigenvalue weighted by molar-refractivity contribution is 5.84. The van der Waals surface area contributed by atoms with E-state index in [0.717, 1.165) is 5.56 Å². The maximum absolute atomic E-state index is 12.1. The normalized spacial score (nSPS) is 12.4. The van der Waals surface area contributed by atoms with Crippen molar-refractivity contribution < 1.29 is 9.52 Å². The quantitative estimate of drug-likeness (QED) is 0.720. The lowest BCUT2D eigenvalue weighted by molar-refractivity contribution is 0.453. The maximum atomic E-state index is 12.1. The first kappa shape index (κ1) is 12.5. The molecule has 0 radical (unpaired) electrons. The topological polar surface area (TPSA) is 50.4 Å². The largest absolute Gasteiger partial charge is 0.507 e. The lowest BCUT2D eigenvalue weighted by atomic mass is 9.93. The lowest BCUT2D eigenvalue weighted by Gasteiger charge is -2.13. The number of hydrogen-bond acceptors (Lipinski definition) is 3. The summed E-state index contributed by atoms with van der Waals surface area (Å²) in [5.74, 6) is -0.217. The van der Waals surface area contributed by atoms with Crippen molar-refractivity contribution >= 4 is 11.0 Å². The summed E-state index contributed by atoms with van der Waals surface area (Å²) in [5.41, 5.74) is 1.18. The van der Waals surface area contributed by atoms with Crippen LogP contribution in [0.5, 0.6) is 5.75 Å². The fourth-order valence-electron chi connectivity index (χ4n) is 2.44. The highest BCUT2D eigenvalue weighted by atomic mass is 16.4. The van der Waals surface area contributed by atoms with Crippen LogP contribution in [0.1, 0.15) is 24.0 Å². The molecule has 0 amide bonds. The fourth-order valence-corrected chi connectivity index (χ4v) is 2.44. The molecule has 1 unspecified atom stereocenters. The van der Waals surface area contributed by atoms with Gasteiger partial charge in [-0.15, -0.1) is 0 Å². The number of benzene rings is 2. The van der Waals surface area contributed by atoms with Crippen molar-refractivity contribution in [2.24, 2.45) is 0 Å². The van der Waals surface area contributed by atoms with E-state index in [2.05, 4.69) is 0 Å². The van der Waals surface area contributed by atoms with E-state index in [0.29, 0.717) is 16.5 Å². The Morgan fingerprint density at radius 1 is 1.00 bits per heavy atom. The van der Waals surface area contributed by atoms with Crippen molar-refractivity contribution in [1.29, 1.82) is 0 Å². The highest BCUT2D eigenvalue weighted by Gasteiger charge is 2.20. The van der Waals surface area contributed by atoms with E-state index >= 15 is 0 Å². The Kier molecular flexibility index (Phi) is 3.03. The lowest BCUT2D eigenvalue weighted by Crippen LogP contribution is -2.12. The van der Waals surface area contributed by atoms with Crippen LogP contribution in [-0.4, -0.2) is 5.11 Å². The number of fused-ring (bicyclic) bond motifs is 1. The number of rotatable bonds is 2. The zero-order chi connectivity index (χ0) is 14.1. The molecule has 3 nitrogen and oxygen atoms in total. The van der Waals surface area contributed by atoms with Crippen molar-refractivity contribution in [3.05, 3.63) is 76.1 Å². The molecule has 0 saturated carbocycles. The Morgan fingerprint density at radius 2 is 1.65 bits per heavy atom. The maximum Gasteiger partial charge on any atom is 0.343 e. The van der Waals surface area contributed by atoms with Gasteiger partial charge < -0.3 is 9.52 Å². The Balaban J connectivity index is 2.24. The van der Waals surface area contributed by atoms with Crippen LogP contribution in [0.3, 0.4) is 0 Å². The van der Waals surface area contributed by atoms with Crippen molar-refractivity contribution in [2.75, 3.05) is 0 Å². The molecule has 0 bridgehead atoms. The SMILES string of the molecule is CC(c1ccccc1)c1c(O)c2ccccc2oc1=O. The molecule has 1 heterocycles. The summed E-state index contributed by atoms with van der Waals surface area (Å²) in [4.78, 5) is 12.1. The summed E-state index contributed by atoms with van der Waals surface area (Å²) in [5, 5.41) is 11.0. The summed E-state index contributed by atoms with van der Waals surface area (Å²) in [6.07, 6.45) is 0. The standard InChI is InChI=1S/C17H14O3/c1-11(12-7-3-2-4-8-12)15-16(18)13-9-5-6-10-14(13)20-17(15)19/h2-11,18H,1H3. The van der Waals surface area contributed by atoms with Crippen molar-refractivity contribution in [2.45, 2.75) is 12.8 Å². The molecule has 0 aliphatic rings. The van der Waals surface area contributed by atoms with Gasteiger partial charge in [-0.2, -0.15) is 0 Å². The zero-order valence-corrected chi connectivity index (χ0v) is 11.0. The highest BCUT2D eigenvalue weighted by Crippen LogP contribution is 2.33. The van der Waals surface area contributed by atoms with Gasteiger partial charge in [0, 0.05) is 5.92 Å². The number of hydrogen-bond donors (Lipinski definition) is 1. The number of aromatic hydroxyl groups is 1. The third-order valence-corrected chi connectivity index (χ3v) is 3.55. The van der Waals surface area contributed by atoms with Gasteiger partial charge in [0.1, 0.15) is 11.3 Å². The predicted molar refractivity (Wildman–Crippen MR) is 78.1 cm³/mol. The molecule has 2 aromatic carbocycles. The van der Waals surface area contributed by atoms with Crippen molar-refractivity contribution in [1.82, 2.24) is 0 Å². The first-order valence-corrected chi connectivity index (χ1v) is 6.48. The molecule has 1 aromatic heterocycles. The second-order valence-corrected chi connectivity index (χ2v) is 4.78. The minimum absolute atomic E-state index is 0.00760. The van der Waals surface area contributed by atoms with Crippen LogP contribution < -0.4 is 5.63 Å². The first-order chi connectivity index (χ1) is 9.68. The van der Waals surface area contributed by atoms with Gasteiger partial charge in [-0.3, -0.25) is 0 Å². The molecule has 3 aromatic rings. The summed E-state index contributed by atoms with van der Waals surface area (Å²) in [7, 11) is 0. The summed E-state index contributed by atoms with van der Waals surface area (Å²) in [6.45, 7) is 1.88. The first-order valence-electron chi connectivity index (χ1n) is 6.48. The van der Waals surface area contributed by atoms with Gasteiger partial charge in [0.25, 0.3) is 0 Å². The van der Waals surface area contributed by atoms with Gasteiger partial charge in [0.05, 0.1) is 10.9 Å². The van der Waals surface area contributed by atoms with Crippen LogP contribution in [-0.2, 0) is 0 Å². The minimum Gasteiger partial charge on any atom is -0.507 e. The molecule has 0 saturated heterocycles. The second kappa shape index (κ2) is 4.85. The smallest absolute Gasteiger partial charge is 0.343 e. The molecule has 100 valence electrons. The van der Waals surface area contributed by atoms with E-state index in [1.165, 1.54) is 0 Å². The van der Waals surface area contributed by atoms with Crippen LogP contribution in [0.25, 0.3) is 11.0 Å². The third kappa shape index (κ3) is 1.97. The molecule has 1 N–H and O–H groups in total. The fraction of sp³-hybridized carbons (Fsp3) is 0.118. The molecular formula is C17H14O3. The van der Waals surface area contributed by atoms with E-state index in [9.17, 15) is 9.90 Å². The van der Waals surface area contributed by atoms with Gasteiger partial charge in [0.2, 0.25) is 0 Å². The monoisotopic (exact) mass is 266 g/mol. The molecule has 3 heteroatoms. The summed E-state index contributed by atoms with van der Waals surface area (Å²) >= 11 is 0.